The van der Waals surface area contributed by atoms with E-state index in [0.29, 0.717) is 6.07 Å². The minimum atomic E-state index is -5.52. The van der Waals surface area contributed by atoms with Gasteiger partial charge in [-0.2, -0.15) is 26.3 Å². The smallest absolute Gasteiger partial charge is 0.374 e. The number of hydrogen-bond acceptors (Lipinski definition) is 5. The summed E-state index contributed by atoms with van der Waals surface area (Å²) in [6, 6.07) is -0.333. The second-order valence-electron chi connectivity index (χ2n) is 8.86. The van der Waals surface area contributed by atoms with Crippen molar-refractivity contribution in [2.45, 2.75) is 63.0 Å². The number of hydroxylamine groups is 1. The van der Waals surface area contributed by atoms with Crippen molar-refractivity contribution in [1.82, 2.24) is 10.8 Å². The number of carbonyl (C=O) groups excluding carboxylic acids is 1. The topological polar surface area (TPSA) is 82.9 Å². The lowest BCUT2D eigenvalue weighted by Crippen LogP contribution is -2.50. The van der Waals surface area contributed by atoms with E-state index in [0.717, 1.165) is 6.08 Å². The molecule has 1 aromatic carbocycles. The summed E-state index contributed by atoms with van der Waals surface area (Å²) in [6.07, 6.45) is -12.4. The van der Waals surface area contributed by atoms with E-state index in [9.17, 15) is 49.5 Å². The Balaban J connectivity index is 1.95. The van der Waals surface area contributed by atoms with E-state index in [1.807, 2.05) is 0 Å². The summed E-state index contributed by atoms with van der Waals surface area (Å²) in [5, 5.41) is 14.2. The third kappa shape index (κ3) is 5.72. The summed E-state index contributed by atoms with van der Waals surface area (Å²) in [4.78, 5) is 16.8. The molecule has 0 spiro atoms. The predicted octanol–water partition coefficient (Wildman–Crippen LogP) is 6.14. The Morgan fingerprint density at radius 3 is 2.29 bits per heavy atom. The molecular weight excluding hydrogens is 561 g/mol. The van der Waals surface area contributed by atoms with Crippen molar-refractivity contribution in [3.05, 3.63) is 57.0 Å². The first-order valence-electron chi connectivity index (χ1n) is 10.7. The molecule has 210 valence electrons. The zero-order valence-corrected chi connectivity index (χ0v) is 20.2. The van der Waals surface area contributed by atoms with Crippen LogP contribution in [0.3, 0.4) is 0 Å². The van der Waals surface area contributed by atoms with E-state index in [1.54, 1.807) is 5.48 Å². The highest BCUT2D eigenvalue weighted by molar-refractivity contribution is 6.30. The Hall–Kier alpha value is -2.94. The van der Waals surface area contributed by atoms with E-state index in [2.05, 4.69) is 15.3 Å². The molecular formula is C22H19ClF9N3O3. The first kappa shape index (κ1) is 29.6. The maximum absolute atomic E-state index is 14.8. The van der Waals surface area contributed by atoms with Gasteiger partial charge in [0.25, 0.3) is 11.5 Å². The number of carbonyl (C=O) groups is 1. The molecule has 1 aliphatic heterocycles. The van der Waals surface area contributed by atoms with Crippen molar-refractivity contribution in [1.29, 1.82) is 0 Å². The summed E-state index contributed by atoms with van der Waals surface area (Å²) in [5.74, 6) is -5.93. The fourth-order valence-electron chi connectivity index (χ4n) is 3.86. The van der Waals surface area contributed by atoms with E-state index in [-0.39, 0.29) is 17.2 Å². The molecule has 1 aromatic rings. The number of nitrogens with zero attached hydrogens (tertiary/aromatic N) is 1. The third-order valence-electron chi connectivity index (χ3n) is 6.11. The molecule has 0 bridgehead atoms. The maximum atomic E-state index is 14.8. The molecule has 1 amide bonds. The second-order valence-corrected chi connectivity index (χ2v) is 9.29. The summed E-state index contributed by atoms with van der Waals surface area (Å²) >= 11 is 5.57. The Kier molecular flexibility index (Phi) is 7.78. The van der Waals surface area contributed by atoms with Gasteiger partial charge in [-0.15, -0.1) is 0 Å². The average molecular weight is 580 g/mol. The molecule has 6 nitrogen and oxygen atoms in total. The number of allylic oxidation sites excluding steroid dienone is 3. The lowest BCUT2D eigenvalue weighted by atomic mass is 9.85. The van der Waals surface area contributed by atoms with Crippen molar-refractivity contribution in [3.63, 3.8) is 0 Å². The van der Waals surface area contributed by atoms with Gasteiger partial charge < -0.3 is 10.2 Å². The molecule has 0 radical (unpaired) electrons. The van der Waals surface area contributed by atoms with Crippen molar-refractivity contribution < 1.29 is 54.4 Å². The maximum Gasteiger partial charge on any atom is 0.435 e. The second kappa shape index (κ2) is 9.98. The molecule has 0 unspecified atom stereocenters. The molecule has 1 atom stereocenters. The summed E-state index contributed by atoms with van der Waals surface area (Å²) in [6.45, 7) is 2.58. The van der Waals surface area contributed by atoms with Crippen LogP contribution in [0.4, 0.5) is 39.5 Å². The normalized spacial score (nSPS) is 22.8. The van der Waals surface area contributed by atoms with Crippen molar-refractivity contribution in [2.75, 3.05) is 0 Å². The molecule has 0 saturated heterocycles. The monoisotopic (exact) mass is 579 g/mol. The minimum absolute atomic E-state index is 0.0469. The number of benzene rings is 1. The third-order valence-corrected chi connectivity index (χ3v) is 6.33. The number of oxime groups is 1. The van der Waals surface area contributed by atoms with Gasteiger partial charge in [0.1, 0.15) is 11.5 Å². The van der Waals surface area contributed by atoms with Gasteiger partial charge in [0, 0.05) is 35.0 Å². The van der Waals surface area contributed by atoms with E-state index >= 15 is 0 Å². The number of nitrogens with one attached hydrogen (secondary N) is 2. The highest BCUT2D eigenvalue weighted by Crippen LogP contribution is 2.51. The molecule has 1 fully saturated rings. The van der Waals surface area contributed by atoms with E-state index in [1.165, 1.54) is 13.8 Å². The van der Waals surface area contributed by atoms with Crippen LogP contribution in [-0.4, -0.2) is 35.0 Å². The van der Waals surface area contributed by atoms with Crippen LogP contribution in [0, 0.1) is 5.82 Å². The predicted molar refractivity (Wildman–Crippen MR) is 115 cm³/mol. The molecule has 3 N–H and O–H groups in total. The lowest BCUT2D eigenvalue weighted by Gasteiger charge is -2.35. The van der Waals surface area contributed by atoms with Crippen LogP contribution in [0.2, 0.25) is 5.02 Å². The zero-order valence-electron chi connectivity index (χ0n) is 19.4. The van der Waals surface area contributed by atoms with Crippen molar-refractivity contribution in [3.8, 4) is 0 Å². The van der Waals surface area contributed by atoms with Gasteiger partial charge in [-0.3, -0.25) is 15.5 Å². The molecule has 1 aliphatic carbocycles. The molecule has 2 aliphatic rings. The van der Waals surface area contributed by atoms with Crippen LogP contribution in [0.1, 0.15) is 44.2 Å². The highest BCUT2D eigenvalue weighted by atomic mass is 35.5. The van der Waals surface area contributed by atoms with Gasteiger partial charge in [0.15, 0.2) is 0 Å². The quantitative estimate of drug-likeness (QED) is 0.164. The Bertz CT molecular complexity index is 1220. The fraction of sp³-hybridized carbons (Fsp3) is 0.455. The van der Waals surface area contributed by atoms with Gasteiger partial charge in [-0.1, -0.05) is 16.8 Å². The van der Waals surface area contributed by atoms with E-state index in [4.69, 9.17) is 11.6 Å². The van der Waals surface area contributed by atoms with Crippen LogP contribution >= 0.6 is 11.6 Å². The Morgan fingerprint density at radius 2 is 1.79 bits per heavy atom. The number of rotatable bonds is 6. The van der Waals surface area contributed by atoms with Crippen LogP contribution in [-0.2, 0) is 21.4 Å². The molecule has 1 heterocycles. The zero-order chi connectivity index (χ0) is 28.8. The molecule has 3 rings (SSSR count). The first-order valence-corrected chi connectivity index (χ1v) is 11.1. The van der Waals surface area contributed by atoms with Crippen molar-refractivity contribution in [2.24, 2.45) is 5.16 Å². The van der Waals surface area contributed by atoms with Gasteiger partial charge in [0.2, 0.25) is 5.91 Å². The van der Waals surface area contributed by atoms with Gasteiger partial charge in [-0.05, 0) is 37.6 Å². The van der Waals surface area contributed by atoms with Crippen LogP contribution in [0.25, 0.3) is 0 Å². The van der Waals surface area contributed by atoms with Crippen LogP contribution < -0.4 is 10.8 Å². The SMILES string of the molecule is CC(/C=C(\NO)C1=NO[C@@](c2cc(Cl)cc(C(F)(F)F)c2F)(C(F)(F)F)C1)=C(/C)C(=O)NC1CC(F)(F)C1. The highest BCUT2D eigenvalue weighted by Gasteiger charge is 2.64. The van der Waals surface area contributed by atoms with Gasteiger partial charge >= 0.3 is 12.4 Å². The number of halogens is 10. The lowest BCUT2D eigenvalue weighted by molar-refractivity contribution is -0.277. The largest absolute Gasteiger partial charge is 0.435 e. The number of alkyl halides is 8. The summed E-state index contributed by atoms with van der Waals surface area (Å²) in [7, 11) is 0. The summed E-state index contributed by atoms with van der Waals surface area (Å²) < 4.78 is 123. The molecule has 16 heteroatoms. The van der Waals surface area contributed by atoms with Crippen LogP contribution in [0.5, 0.6) is 0 Å². The van der Waals surface area contributed by atoms with Gasteiger partial charge in [-0.25, -0.2) is 13.2 Å². The van der Waals surface area contributed by atoms with E-state index < -0.39 is 88.5 Å². The molecule has 0 aromatic heterocycles. The van der Waals surface area contributed by atoms with Crippen molar-refractivity contribution >= 4 is 23.2 Å². The first-order chi connectivity index (χ1) is 17.3. The molecule has 38 heavy (non-hydrogen) atoms. The summed E-state index contributed by atoms with van der Waals surface area (Å²) in [5.41, 5.74) is -7.07. The average Bonchev–Trinajstić information content (AvgIpc) is 3.22. The number of hydrogen-bond donors (Lipinski definition) is 3. The minimum Gasteiger partial charge on any atom is -0.374 e. The Morgan fingerprint density at radius 1 is 1.18 bits per heavy atom. The number of amides is 1. The molecule has 1 saturated carbocycles. The van der Waals surface area contributed by atoms with Gasteiger partial charge in [0.05, 0.1) is 17.7 Å². The Labute approximate surface area is 214 Å². The standard InChI is InChI=1S/C22H19ClF9N3O3/c1-9(10(2)18(36)33-12-6-19(25,26)7-12)3-15(34-37)16-8-20(38-35-16,22(30,31)32)13-4-11(23)5-14(17(13)24)21(27,28)29/h3-5,12,34,37H,6-8H2,1-2H3,(H,33,36)/b10-9+,15-3-/t20-/m0/s1. The van der Waals surface area contributed by atoms with Crippen LogP contribution in [0.15, 0.2) is 40.2 Å². The fourth-order valence-corrected chi connectivity index (χ4v) is 4.08.